The van der Waals surface area contributed by atoms with E-state index in [1.54, 1.807) is 0 Å². The number of nitrogens with zero attached hydrogens (tertiary/aromatic N) is 1. The highest BCUT2D eigenvalue weighted by atomic mass is 32.2. The molecule has 1 aliphatic carbocycles. The van der Waals surface area contributed by atoms with E-state index in [0.29, 0.717) is 18.6 Å². The van der Waals surface area contributed by atoms with Gasteiger partial charge in [-0.2, -0.15) is 0 Å². The predicted octanol–water partition coefficient (Wildman–Crippen LogP) is 4.07. The second-order valence-corrected chi connectivity index (χ2v) is 8.84. The van der Waals surface area contributed by atoms with E-state index in [1.165, 1.54) is 0 Å². The molecule has 0 saturated carbocycles. The van der Waals surface area contributed by atoms with Crippen molar-refractivity contribution in [3.8, 4) is 0 Å². The summed E-state index contributed by atoms with van der Waals surface area (Å²) in [5.74, 6) is 0.575. The molecule has 2 rings (SSSR count). The van der Waals surface area contributed by atoms with Crippen LogP contribution in [-0.2, 0) is 10.8 Å². The maximum atomic E-state index is 13.1. The van der Waals surface area contributed by atoms with E-state index in [2.05, 4.69) is 0 Å². The topological polar surface area (TPSA) is 60.2 Å². The Morgan fingerprint density at radius 2 is 1.91 bits per heavy atom. The molecule has 0 amide bonds. The van der Waals surface area contributed by atoms with Crippen molar-refractivity contribution in [1.29, 1.82) is 0 Å². The van der Waals surface area contributed by atoms with Crippen molar-refractivity contribution in [3.05, 3.63) is 57.2 Å². The van der Waals surface area contributed by atoms with Crippen molar-refractivity contribution < 1.29 is 9.13 Å². The van der Waals surface area contributed by atoms with Gasteiger partial charge in [0, 0.05) is 27.9 Å². The van der Waals surface area contributed by atoms with Gasteiger partial charge in [0.15, 0.2) is 0 Å². The van der Waals surface area contributed by atoms with Gasteiger partial charge >= 0.3 is 0 Å². The summed E-state index contributed by atoms with van der Waals surface area (Å²) in [7, 11) is -1.26. The van der Waals surface area contributed by atoms with Crippen LogP contribution in [0.1, 0.15) is 52.0 Å². The number of nitro groups is 1. The van der Waals surface area contributed by atoms with Crippen LogP contribution >= 0.6 is 0 Å². The molecule has 0 radical (unpaired) electrons. The van der Waals surface area contributed by atoms with Gasteiger partial charge in [-0.05, 0) is 38.7 Å². The van der Waals surface area contributed by atoms with Crippen LogP contribution in [0.5, 0.6) is 0 Å². The zero-order valence-corrected chi connectivity index (χ0v) is 15.1. The van der Waals surface area contributed by atoms with E-state index in [-0.39, 0.29) is 10.8 Å². The summed E-state index contributed by atoms with van der Waals surface area (Å²) >= 11 is 0. The van der Waals surface area contributed by atoms with E-state index in [9.17, 15) is 14.3 Å². The Bertz CT molecular complexity index is 641. The van der Waals surface area contributed by atoms with Crippen molar-refractivity contribution in [1.82, 2.24) is 0 Å². The summed E-state index contributed by atoms with van der Waals surface area (Å²) in [4.78, 5) is 11.3. The number of benzene rings is 1. The molecule has 0 heterocycles. The SMILES string of the molecule is CC1=C(C)C[C@](C)([S@@](=O)C[C@@H](C)c2ccccc2)[C@@H]([N+](=O)[O-])C1. The van der Waals surface area contributed by atoms with Crippen LogP contribution in [0.25, 0.3) is 0 Å². The molecule has 0 spiro atoms. The smallest absolute Gasteiger partial charge is 0.233 e. The molecular formula is C18H25NO3S. The van der Waals surface area contributed by atoms with Crippen LogP contribution < -0.4 is 0 Å². The van der Waals surface area contributed by atoms with Crippen LogP contribution in [0.15, 0.2) is 41.5 Å². The van der Waals surface area contributed by atoms with Crippen LogP contribution in [0.3, 0.4) is 0 Å². The largest absolute Gasteiger partial charge is 0.264 e. The highest BCUT2D eigenvalue weighted by molar-refractivity contribution is 7.86. The van der Waals surface area contributed by atoms with Gasteiger partial charge in [-0.25, -0.2) is 0 Å². The first kappa shape index (κ1) is 17.9. The van der Waals surface area contributed by atoms with Gasteiger partial charge in [0.25, 0.3) is 0 Å². The molecule has 4 nitrogen and oxygen atoms in total. The first-order chi connectivity index (χ1) is 10.8. The molecule has 4 atom stereocenters. The first-order valence-corrected chi connectivity index (χ1v) is 9.29. The third-order valence-corrected chi connectivity index (χ3v) is 7.35. The Balaban J connectivity index is 2.23. The molecule has 126 valence electrons. The molecule has 1 aliphatic rings. The van der Waals surface area contributed by atoms with Crippen LogP contribution in [-0.4, -0.2) is 25.7 Å². The van der Waals surface area contributed by atoms with Gasteiger partial charge in [0.1, 0.15) is 4.75 Å². The Labute approximate surface area is 140 Å². The monoisotopic (exact) mass is 335 g/mol. The molecule has 0 aliphatic heterocycles. The lowest BCUT2D eigenvalue weighted by Crippen LogP contribution is -2.51. The second kappa shape index (κ2) is 6.95. The molecule has 1 aromatic rings. The third kappa shape index (κ3) is 3.71. The molecule has 0 saturated heterocycles. The maximum Gasteiger partial charge on any atom is 0.233 e. The van der Waals surface area contributed by atoms with Gasteiger partial charge in [0.05, 0.1) is 0 Å². The maximum absolute atomic E-state index is 13.1. The molecule has 1 aromatic carbocycles. The lowest BCUT2D eigenvalue weighted by atomic mass is 9.82. The van der Waals surface area contributed by atoms with Gasteiger partial charge in [0.2, 0.25) is 6.04 Å². The lowest BCUT2D eigenvalue weighted by molar-refractivity contribution is -0.528. The average molecular weight is 335 g/mol. The van der Waals surface area contributed by atoms with E-state index >= 15 is 0 Å². The zero-order valence-electron chi connectivity index (χ0n) is 14.2. The quantitative estimate of drug-likeness (QED) is 0.463. The number of rotatable bonds is 5. The minimum absolute atomic E-state index is 0.119. The molecule has 0 unspecified atom stereocenters. The third-order valence-electron chi connectivity index (χ3n) is 5.09. The Kier molecular flexibility index (Phi) is 5.40. The Hall–Kier alpha value is -1.49. The van der Waals surface area contributed by atoms with Gasteiger partial charge in [-0.15, -0.1) is 0 Å². The summed E-state index contributed by atoms with van der Waals surface area (Å²) in [6, 6.07) is 9.15. The molecule has 5 heteroatoms. The first-order valence-electron chi connectivity index (χ1n) is 7.98. The van der Waals surface area contributed by atoms with Crippen molar-refractivity contribution in [2.24, 2.45) is 0 Å². The van der Waals surface area contributed by atoms with E-state index in [1.807, 2.05) is 58.0 Å². The molecule has 0 aromatic heterocycles. The van der Waals surface area contributed by atoms with Gasteiger partial charge < -0.3 is 0 Å². The number of hydrogen-bond donors (Lipinski definition) is 0. The van der Waals surface area contributed by atoms with Crippen molar-refractivity contribution in [2.45, 2.75) is 57.2 Å². The van der Waals surface area contributed by atoms with E-state index in [0.717, 1.165) is 16.7 Å². The van der Waals surface area contributed by atoms with Gasteiger partial charge in [-0.1, -0.05) is 48.4 Å². The minimum atomic E-state index is -1.26. The highest BCUT2D eigenvalue weighted by Crippen LogP contribution is 2.39. The summed E-state index contributed by atoms with van der Waals surface area (Å²) in [6.07, 6.45) is 0.944. The second-order valence-electron chi connectivity index (χ2n) is 6.88. The Morgan fingerprint density at radius 1 is 1.30 bits per heavy atom. The van der Waals surface area contributed by atoms with E-state index < -0.39 is 21.6 Å². The fourth-order valence-corrected chi connectivity index (χ4v) is 5.18. The molecular weight excluding hydrogens is 310 g/mol. The lowest BCUT2D eigenvalue weighted by Gasteiger charge is -2.36. The summed E-state index contributed by atoms with van der Waals surface area (Å²) in [5, 5.41) is 11.5. The summed E-state index contributed by atoms with van der Waals surface area (Å²) in [6.45, 7) is 7.81. The number of allylic oxidation sites excluding steroid dienone is 1. The molecule has 0 fully saturated rings. The Morgan fingerprint density at radius 3 is 2.48 bits per heavy atom. The van der Waals surface area contributed by atoms with Gasteiger partial charge in [-0.3, -0.25) is 14.3 Å². The fourth-order valence-electron chi connectivity index (χ4n) is 3.30. The van der Waals surface area contributed by atoms with Crippen molar-refractivity contribution in [2.75, 3.05) is 5.75 Å². The van der Waals surface area contributed by atoms with Crippen molar-refractivity contribution >= 4 is 10.8 Å². The minimum Gasteiger partial charge on any atom is -0.264 e. The van der Waals surface area contributed by atoms with Crippen LogP contribution in [0.2, 0.25) is 0 Å². The van der Waals surface area contributed by atoms with Crippen molar-refractivity contribution in [3.63, 3.8) is 0 Å². The highest BCUT2D eigenvalue weighted by Gasteiger charge is 2.50. The molecule has 0 bridgehead atoms. The molecule has 23 heavy (non-hydrogen) atoms. The summed E-state index contributed by atoms with van der Waals surface area (Å²) < 4.78 is 12.3. The standard InChI is InChI=1S/C18H25NO3S/c1-13-10-17(19(20)21)18(4,11-14(13)2)23(22)12-15(3)16-8-6-5-7-9-16/h5-9,15,17H,10-12H2,1-4H3/t15-,17+,18+,23+/m1/s1. The van der Waals surface area contributed by atoms with Crippen LogP contribution in [0.4, 0.5) is 0 Å². The predicted molar refractivity (Wildman–Crippen MR) is 94.7 cm³/mol. The zero-order chi connectivity index (χ0) is 17.2. The number of hydrogen-bond acceptors (Lipinski definition) is 3. The molecule has 0 N–H and O–H groups in total. The van der Waals surface area contributed by atoms with E-state index in [4.69, 9.17) is 0 Å². The summed E-state index contributed by atoms with van der Waals surface area (Å²) in [5.41, 5.74) is 3.34. The average Bonchev–Trinajstić information content (AvgIpc) is 2.51. The fraction of sp³-hybridized carbons (Fsp3) is 0.556. The van der Waals surface area contributed by atoms with Crippen LogP contribution in [0, 0.1) is 10.1 Å². The normalized spacial score (nSPS) is 27.6.